The third-order valence-corrected chi connectivity index (χ3v) is 2.94. The number of amides is 1. The summed E-state index contributed by atoms with van der Waals surface area (Å²) in [5.41, 5.74) is 0.874. The van der Waals surface area contributed by atoms with Gasteiger partial charge in [0.15, 0.2) is 0 Å². The Morgan fingerprint density at radius 3 is 2.71 bits per heavy atom. The van der Waals surface area contributed by atoms with Gasteiger partial charge < -0.3 is 4.90 Å². The minimum atomic E-state index is -0.672. The molecule has 0 aliphatic carbocycles. The lowest BCUT2D eigenvalue weighted by molar-refractivity contribution is -0.114. The molecule has 0 unspecified atom stereocenters. The number of hydrogen-bond donors (Lipinski definition) is 0. The summed E-state index contributed by atoms with van der Waals surface area (Å²) >= 11 is 5.54. The van der Waals surface area contributed by atoms with Gasteiger partial charge in [-0.1, -0.05) is 0 Å². The molecule has 0 spiro atoms. The lowest BCUT2D eigenvalue weighted by atomic mass is 10.1. The van der Waals surface area contributed by atoms with E-state index >= 15 is 0 Å². The lowest BCUT2D eigenvalue weighted by Crippen LogP contribution is -2.31. The van der Waals surface area contributed by atoms with Gasteiger partial charge in [0.25, 0.3) is 11.7 Å². The summed E-state index contributed by atoms with van der Waals surface area (Å²) in [6, 6.07) is 2.86. The summed E-state index contributed by atoms with van der Waals surface area (Å²) in [5.74, 6) is -1.48. The van der Waals surface area contributed by atoms with Crippen LogP contribution in [0.4, 0.5) is 10.1 Å². The first-order valence-corrected chi connectivity index (χ1v) is 5.82. The van der Waals surface area contributed by atoms with Crippen molar-refractivity contribution in [2.45, 2.75) is 13.3 Å². The zero-order valence-electron chi connectivity index (χ0n) is 9.30. The normalized spacial score (nSPS) is 14.4. The minimum Gasteiger partial charge on any atom is -0.302 e. The van der Waals surface area contributed by atoms with Crippen LogP contribution in [0.1, 0.15) is 22.3 Å². The molecule has 0 atom stereocenters. The Hall–Kier alpha value is -1.42. The van der Waals surface area contributed by atoms with E-state index in [2.05, 4.69) is 0 Å². The molecule has 3 nitrogen and oxygen atoms in total. The van der Waals surface area contributed by atoms with Crippen molar-refractivity contribution in [2.75, 3.05) is 17.3 Å². The summed E-state index contributed by atoms with van der Waals surface area (Å²) < 4.78 is 13.8. The van der Waals surface area contributed by atoms with Gasteiger partial charge in [0.1, 0.15) is 5.82 Å². The van der Waals surface area contributed by atoms with Gasteiger partial charge in [-0.25, -0.2) is 4.39 Å². The second-order valence-corrected chi connectivity index (χ2v) is 4.35. The van der Waals surface area contributed by atoms with Crippen LogP contribution in [0.25, 0.3) is 0 Å². The molecule has 0 saturated heterocycles. The molecule has 0 aromatic heterocycles. The van der Waals surface area contributed by atoms with E-state index in [1.54, 1.807) is 13.0 Å². The fraction of sp³-hybridized carbons (Fsp3) is 0.333. The van der Waals surface area contributed by atoms with E-state index in [4.69, 9.17) is 11.6 Å². The number of ketones is 1. The third-order valence-electron chi connectivity index (χ3n) is 2.68. The van der Waals surface area contributed by atoms with Crippen molar-refractivity contribution in [1.82, 2.24) is 0 Å². The van der Waals surface area contributed by atoms with E-state index in [1.165, 1.54) is 11.0 Å². The number of carbonyl (C=O) groups is 2. The summed E-state index contributed by atoms with van der Waals surface area (Å²) in [6.07, 6.45) is 0.521. The van der Waals surface area contributed by atoms with E-state index < -0.39 is 17.5 Å². The molecule has 17 heavy (non-hydrogen) atoms. The topological polar surface area (TPSA) is 37.4 Å². The van der Waals surface area contributed by atoms with Gasteiger partial charge in [-0.15, -0.1) is 11.6 Å². The molecule has 1 aromatic carbocycles. The number of Topliss-reactive ketones (excluding diaryl/α,β-unsaturated/α-hetero) is 1. The van der Waals surface area contributed by atoms with Crippen LogP contribution in [0.3, 0.4) is 0 Å². The number of rotatable bonds is 3. The van der Waals surface area contributed by atoms with E-state index in [0.29, 0.717) is 17.9 Å². The highest BCUT2D eigenvalue weighted by Gasteiger charge is 2.37. The molecule has 0 bridgehead atoms. The van der Waals surface area contributed by atoms with Crippen LogP contribution in [-0.4, -0.2) is 24.1 Å². The SMILES string of the molecule is Cc1cc(F)c2c(c1)C(=O)C(=O)N2CCCCl. The highest BCUT2D eigenvalue weighted by atomic mass is 35.5. The maximum Gasteiger partial charge on any atom is 0.299 e. The number of carbonyl (C=O) groups excluding carboxylic acids is 2. The third kappa shape index (κ3) is 1.93. The lowest BCUT2D eigenvalue weighted by Gasteiger charge is -2.16. The van der Waals surface area contributed by atoms with Crippen LogP contribution >= 0.6 is 11.6 Å². The largest absolute Gasteiger partial charge is 0.302 e. The molecule has 0 fully saturated rings. The Kier molecular flexibility index (Phi) is 3.15. The fourth-order valence-corrected chi connectivity index (χ4v) is 2.07. The summed E-state index contributed by atoms with van der Waals surface area (Å²) in [4.78, 5) is 24.6. The minimum absolute atomic E-state index is 0.0933. The predicted molar refractivity (Wildman–Crippen MR) is 63.2 cm³/mol. The van der Waals surface area contributed by atoms with Gasteiger partial charge in [0.05, 0.1) is 11.3 Å². The van der Waals surface area contributed by atoms with E-state index in [0.717, 1.165) is 0 Å². The zero-order chi connectivity index (χ0) is 12.6. The fourth-order valence-electron chi connectivity index (χ4n) is 1.95. The van der Waals surface area contributed by atoms with Crippen molar-refractivity contribution in [3.8, 4) is 0 Å². The van der Waals surface area contributed by atoms with Crippen LogP contribution in [0.15, 0.2) is 12.1 Å². The first kappa shape index (κ1) is 12.0. The Morgan fingerprint density at radius 1 is 1.35 bits per heavy atom. The molecule has 0 radical (unpaired) electrons. The number of alkyl halides is 1. The van der Waals surface area contributed by atoms with Crippen molar-refractivity contribution >= 4 is 29.0 Å². The highest BCUT2D eigenvalue weighted by molar-refractivity contribution is 6.52. The second kappa shape index (κ2) is 4.45. The number of hydrogen-bond acceptors (Lipinski definition) is 2. The monoisotopic (exact) mass is 255 g/mol. The van der Waals surface area contributed by atoms with Gasteiger partial charge >= 0.3 is 0 Å². The Balaban J connectivity index is 2.48. The summed E-state index contributed by atoms with van der Waals surface area (Å²) in [7, 11) is 0. The number of benzene rings is 1. The molecular formula is C12H11ClFNO2. The number of aryl methyl sites for hydroxylation is 1. The number of anilines is 1. The second-order valence-electron chi connectivity index (χ2n) is 3.97. The van der Waals surface area contributed by atoms with E-state index in [9.17, 15) is 14.0 Å². The molecule has 1 aromatic rings. The Morgan fingerprint density at radius 2 is 2.06 bits per heavy atom. The van der Waals surface area contributed by atoms with Gasteiger partial charge in [0.2, 0.25) is 0 Å². The van der Waals surface area contributed by atoms with Gasteiger partial charge in [-0.05, 0) is 31.0 Å². The number of halogens is 2. The van der Waals surface area contributed by atoms with Crippen LogP contribution in [0.2, 0.25) is 0 Å². The molecule has 1 heterocycles. The molecule has 5 heteroatoms. The molecule has 1 amide bonds. The average molecular weight is 256 g/mol. The quantitative estimate of drug-likeness (QED) is 0.614. The van der Waals surface area contributed by atoms with Gasteiger partial charge in [-0.2, -0.15) is 0 Å². The maximum absolute atomic E-state index is 13.8. The van der Waals surface area contributed by atoms with Crippen molar-refractivity contribution in [3.63, 3.8) is 0 Å². The highest BCUT2D eigenvalue weighted by Crippen LogP contribution is 2.32. The summed E-state index contributed by atoms with van der Waals surface area (Å²) in [5, 5.41) is 0. The van der Waals surface area contributed by atoms with Crippen LogP contribution < -0.4 is 4.90 Å². The van der Waals surface area contributed by atoms with Crippen molar-refractivity contribution < 1.29 is 14.0 Å². The van der Waals surface area contributed by atoms with Crippen LogP contribution in [-0.2, 0) is 4.79 Å². The number of nitrogens with zero attached hydrogens (tertiary/aromatic N) is 1. The first-order valence-electron chi connectivity index (χ1n) is 5.28. The van der Waals surface area contributed by atoms with E-state index in [-0.39, 0.29) is 17.8 Å². The van der Waals surface area contributed by atoms with Gasteiger partial charge in [-0.3, -0.25) is 9.59 Å². The first-order chi connectivity index (χ1) is 8.06. The summed E-state index contributed by atoms with van der Waals surface area (Å²) in [6.45, 7) is 1.95. The molecule has 90 valence electrons. The standard InChI is InChI=1S/C12H11ClFNO2/c1-7-5-8-10(9(14)6-7)15(4-2-3-13)12(17)11(8)16/h5-6H,2-4H2,1H3. The molecule has 1 aliphatic rings. The molecule has 1 aliphatic heterocycles. The van der Waals surface area contributed by atoms with Gasteiger partial charge in [0, 0.05) is 12.4 Å². The zero-order valence-corrected chi connectivity index (χ0v) is 10.1. The molecule has 2 rings (SSSR count). The molecular weight excluding hydrogens is 245 g/mol. The van der Waals surface area contributed by atoms with Crippen molar-refractivity contribution in [1.29, 1.82) is 0 Å². The maximum atomic E-state index is 13.8. The van der Waals surface area contributed by atoms with Crippen molar-refractivity contribution in [3.05, 3.63) is 29.1 Å². The van der Waals surface area contributed by atoms with E-state index in [1.807, 2.05) is 0 Å². The number of fused-ring (bicyclic) bond motifs is 1. The van der Waals surface area contributed by atoms with Crippen molar-refractivity contribution in [2.24, 2.45) is 0 Å². The predicted octanol–water partition coefficient (Wildman–Crippen LogP) is 2.29. The van der Waals surface area contributed by atoms with Crippen LogP contribution in [0.5, 0.6) is 0 Å². The Labute approximate surface area is 103 Å². The van der Waals surface area contributed by atoms with Crippen LogP contribution in [0, 0.1) is 12.7 Å². The molecule has 0 saturated carbocycles. The Bertz CT molecular complexity index is 502. The average Bonchev–Trinajstić information content (AvgIpc) is 2.51. The smallest absolute Gasteiger partial charge is 0.299 e. The molecule has 0 N–H and O–H groups in total.